The fourth-order valence-electron chi connectivity index (χ4n) is 2.73. The zero-order valence-corrected chi connectivity index (χ0v) is 14.9. The smallest absolute Gasteiger partial charge is 0.257 e. The summed E-state index contributed by atoms with van der Waals surface area (Å²) in [5, 5.41) is 7.51. The average molecular weight is 375 g/mol. The zero-order valence-electron chi connectivity index (χ0n) is 14.2. The highest BCUT2D eigenvalue weighted by molar-refractivity contribution is 6.34. The first-order valence-electron chi connectivity index (χ1n) is 8.33. The minimum Gasteiger partial charge on any atom is -0.338 e. The van der Waals surface area contributed by atoms with Gasteiger partial charge in [-0.2, -0.15) is 0 Å². The molecule has 0 aliphatic heterocycles. The zero-order chi connectivity index (χ0) is 18.6. The van der Waals surface area contributed by atoms with Gasteiger partial charge in [0, 0.05) is 11.6 Å². The Morgan fingerprint density at radius 1 is 0.889 bits per heavy atom. The Bertz CT molecular complexity index is 1110. The van der Waals surface area contributed by atoms with Crippen molar-refractivity contribution in [3.8, 4) is 0 Å². The number of anilines is 3. The van der Waals surface area contributed by atoms with Crippen LogP contribution in [0.15, 0.2) is 79.1 Å². The summed E-state index contributed by atoms with van der Waals surface area (Å²) in [5.74, 6) is 0.380. The lowest BCUT2D eigenvalue weighted by Gasteiger charge is -2.10. The summed E-state index contributed by atoms with van der Waals surface area (Å²) < 4.78 is 0. The van der Waals surface area contributed by atoms with Gasteiger partial charge in [0.25, 0.3) is 5.91 Å². The maximum Gasteiger partial charge on any atom is 0.257 e. The van der Waals surface area contributed by atoms with Gasteiger partial charge in [0.05, 0.1) is 33.7 Å². The van der Waals surface area contributed by atoms with E-state index in [4.69, 9.17) is 11.6 Å². The quantitative estimate of drug-likeness (QED) is 0.510. The third-order valence-electron chi connectivity index (χ3n) is 4.04. The summed E-state index contributed by atoms with van der Waals surface area (Å²) in [6.45, 7) is 0. The molecular formula is C21H15ClN4O. The molecule has 4 rings (SSSR count). The molecule has 4 aromatic rings. The molecule has 0 atom stereocenters. The molecule has 2 aromatic heterocycles. The lowest BCUT2D eigenvalue weighted by molar-refractivity contribution is 0.102. The molecule has 0 spiro atoms. The first-order valence-corrected chi connectivity index (χ1v) is 8.71. The number of hydrogen-bond acceptors (Lipinski definition) is 4. The van der Waals surface area contributed by atoms with Crippen molar-refractivity contribution in [1.82, 2.24) is 9.97 Å². The summed E-state index contributed by atoms with van der Waals surface area (Å²) in [6, 6.07) is 20.3. The van der Waals surface area contributed by atoms with Gasteiger partial charge in [-0.15, -0.1) is 0 Å². The molecular weight excluding hydrogens is 360 g/mol. The van der Waals surface area contributed by atoms with Gasteiger partial charge in [-0.25, -0.2) is 4.98 Å². The summed E-state index contributed by atoms with van der Waals surface area (Å²) in [5.41, 5.74) is 2.75. The van der Waals surface area contributed by atoms with Gasteiger partial charge >= 0.3 is 0 Å². The lowest BCUT2D eigenvalue weighted by Crippen LogP contribution is -2.12. The number of halogens is 1. The van der Waals surface area contributed by atoms with Gasteiger partial charge in [-0.3, -0.25) is 9.78 Å². The number of rotatable bonds is 4. The summed E-state index contributed by atoms with van der Waals surface area (Å²) in [6.07, 6.45) is 3.35. The Hall–Kier alpha value is -3.44. The molecule has 0 aliphatic rings. The Morgan fingerprint density at radius 2 is 1.74 bits per heavy atom. The van der Waals surface area contributed by atoms with E-state index in [0.29, 0.717) is 22.1 Å². The number of nitrogens with one attached hydrogen (secondary N) is 2. The molecule has 0 aliphatic carbocycles. The fraction of sp³-hybridized carbons (Fsp3) is 0. The normalized spacial score (nSPS) is 10.6. The Labute approximate surface area is 161 Å². The van der Waals surface area contributed by atoms with Crippen LogP contribution < -0.4 is 10.6 Å². The second-order valence-electron chi connectivity index (χ2n) is 5.87. The molecule has 27 heavy (non-hydrogen) atoms. The summed E-state index contributed by atoms with van der Waals surface area (Å²) in [7, 11) is 0. The van der Waals surface area contributed by atoms with Gasteiger partial charge in [0.1, 0.15) is 5.82 Å². The van der Waals surface area contributed by atoms with Crippen LogP contribution in [0.2, 0.25) is 5.02 Å². The number of fused-ring (bicyclic) bond motifs is 1. The van der Waals surface area contributed by atoms with Gasteiger partial charge in [0.15, 0.2) is 0 Å². The molecule has 5 nitrogen and oxygen atoms in total. The number of nitrogens with zero attached hydrogens (tertiary/aromatic N) is 2. The topological polar surface area (TPSA) is 66.9 Å². The second kappa shape index (κ2) is 7.43. The minimum atomic E-state index is -0.277. The molecule has 0 saturated carbocycles. The molecule has 0 saturated heterocycles. The van der Waals surface area contributed by atoms with E-state index in [2.05, 4.69) is 20.6 Å². The van der Waals surface area contributed by atoms with Crippen LogP contribution in [0, 0.1) is 0 Å². The third-order valence-corrected chi connectivity index (χ3v) is 4.36. The Morgan fingerprint density at radius 3 is 2.56 bits per heavy atom. The van der Waals surface area contributed by atoms with Gasteiger partial charge in [-0.1, -0.05) is 41.9 Å². The van der Waals surface area contributed by atoms with Crippen molar-refractivity contribution in [2.45, 2.75) is 0 Å². The molecule has 1 amide bonds. The summed E-state index contributed by atoms with van der Waals surface area (Å²) >= 11 is 6.06. The molecule has 0 unspecified atom stereocenters. The largest absolute Gasteiger partial charge is 0.338 e. The highest BCUT2D eigenvalue weighted by atomic mass is 35.5. The van der Waals surface area contributed by atoms with Crippen LogP contribution in [0.4, 0.5) is 17.2 Å². The van der Waals surface area contributed by atoms with Gasteiger partial charge in [0.2, 0.25) is 0 Å². The first kappa shape index (κ1) is 17.0. The van der Waals surface area contributed by atoms with Crippen LogP contribution in [0.1, 0.15) is 10.4 Å². The Balaban J connectivity index is 1.51. The molecule has 6 heteroatoms. The van der Waals surface area contributed by atoms with E-state index in [1.165, 1.54) is 0 Å². The highest BCUT2D eigenvalue weighted by Gasteiger charge is 2.10. The van der Waals surface area contributed by atoms with E-state index < -0.39 is 0 Å². The second-order valence-corrected chi connectivity index (χ2v) is 6.28. The number of para-hydroxylation sites is 1. The molecule has 2 aromatic carbocycles. The molecule has 2 heterocycles. The van der Waals surface area contributed by atoms with Crippen molar-refractivity contribution >= 4 is 45.6 Å². The average Bonchev–Trinajstić information content (AvgIpc) is 2.70. The van der Waals surface area contributed by atoms with Crippen LogP contribution in [0.25, 0.3) is 10.9 Å². The molecule has 0 radical (unpaired) electrons. The molecule has 0 bridgehead atoms. The van der Waals surface area contributed by atoms with Crippen LogP contribution in [-0.4, -0.2) is 15.9 Å². The number of carbonyl (C=O) groups is 1. The summed E-state index contributed by atoms with van der Waals surface area (Å²) in [4.78, 5) is 21.1. The van der Waals surface area contributed by atoms with Gasteiger partial charge in [-0.05, 0) is 36.4 Å². The molecule has 2 N–H and O–H groups in total. The number of carbonyl (C=O) groups excluding carboxylic acids is 1. The van der Waals surface area contributed by atoms with E-state index in [0.717, 1.165) is 16.6 Å². The van der Waals surface area contributed by atoms with E-state index >= 15 is 0 Å². The SMILES string of the molecule is O=C(Nc1ccc(Nc2cccc3cccnc23)nc1)c1ccccc1Cl. The number of aromatic nitrogens is 2. The molecule has 132 valence electrons. The third kappa shape index (κ3) is 3.73. The van der Waals surface area contributed by atoms with Crippen LogP contribution >= 0.6 is 11.6 Å². The van der Waals surface area contributed by atoms with E-state index in [1.807, 2.05) is 30.3 Å². The van der Waals surface area contributed by atoms with Crippen molar-refractivity contribution in [1.29, 1.82) is 0 Å². The van der Waals surface area contributed by atoms with E-state index in [-0.39, 0.29) is 5.91 Å². The predicted octanol–water partition coefficient (Wildman–Crippen LogP) is 5.28. The van der Waals surface area contributed by atoms with Crippen LogP contribution in [0.5, 0.6) is 0 Å². The highest BCUT2D eigenvalue weighted by Crippen LogP contribution is 2.24. The maximum absolute atomic E-state index is 12.3. The number of amides is 1. The first-order chi connectivity index (χ1) is 13.2. The number of hydrogen-bond donors (Lipinski definition) is 2. The standard InChI is InChI=1S/C21H15ClN4O/c22-17-8-2-1-7-16(17)21(27)25-15-10-11-19(24-13-15)26-18-9-3-5-14-6-4-12-23-20(14)18/h1-13H,(H,24,26)(H,25,27). The van der Waals surface area contributed by atoms with Crippen molar-refractivity contribution in [2.75, 3.05) is 10.6 Å². The fourth-order valence-corrected chi connectivity index (χ4v) is 2.95. The van der Waals surface area contributed by atoms with Crippen molar-refractivity contribution in [3.63, 3.8) is 0 Å². The van der Waals surface area contributed by atoms with Crippen molar-refractivity contribution in [3.05, 3.63) is 89.7 Å². The maximum atomic E-state index is 12.3. The predicted molar refractivity (Wildman–Crippen MR) is 109 cm³/mol. The van der Waals surface area contributed by atoms with Crippen molar-refractivity contribution in [2.24, 2.45) is 0 Å². The van der Waals surface area contributed by atoms with Crippen LogP contribution in [0.3, 0.4) is 0 Å². The molecule has 0 fully saturated rings. The minimum absolute atomic E-state index is 0.277. The lowest BCUT2D eigenvalue weighted by atomic mass is 10.2. The van der Waals surface area contributed by atoms with Crippen molar-refractivity contribution < 1.29 is 4.79 Å². The monoisotopic (exact) mass is 374 g/mol. The van der Waals surface area contributed by atoms with Gasteiger partial charge < -0.3 is 10.6 Å². The van der Waals surface area contributed by atoms with E-state index in [1.54, 1.807) is 48.8 Å². The number of pyridine rings is 2. The number of benzene rings is 2. The van der Waals surface area contributed by atoms with Crippen LogP contribution in [-0.2, 0) is 0 Å². The van der Waals surface area contributed by atoms with E-state index in [9.17, 15) is 4.79 Å². The Kier molecular flexibility index (Phi) is 4.68.